The minimum Gasteiger partial charge on any atom is -0.390 e. The van der Waals surface area contributed by atoms with Gasteiger partial charge in [0, 0.05) is 60.1 Å². The van der Waals surface area contributed by atoms with Crippen LogP contribution < -0.4 is 5.32 Å². The lowest BCUT2D eigenvalue weighted by Crippen LogP contribution is -2.48. The molecule has 4 heterocycles. The van der Waals surface area contributed by atoms with Gasteiger partial charge in [-0.15, -0.1) is 0 Å². The van der Waals surface area contributed by atoms with E-state index in [9.17, 15) is 23.1 Å². The van der Waals surface area contributed by atoms with Gasteiger partial charge in [-0.25, -0.2) is 8.42 Å². The maximum atomic E-state index is 13.7. The van der Waals surface area contributed by atoms with Gasteiger partial charge in [-0.1, -0.05) is 12.1 Å². The quantitative estimate of drug-likeness (QED) is 0.339. The lowest BCUT2D eigenvalue weighted by molar-refractivity contribution is -0.132. The smallest absolute Gasteiger partial charge is 0.253 e. The average Bonchev–Trinajstić information content (AvgIpc) is 3.45. The van der Waals surface area contributed by atoms with Crippen LogP contribution in [0, 0.1) is 19.3 Å². The van der Waals surface area contributed by atoms with Gasteiger partial charge in [0.2, 0.25) is 15.9 Å². The standard InChI is InChI=1S/C36H44N4O5S/c1-24-7-10-36(34(42)38-32(24)28-6-5-27-8-15-37-31(27)23-28)13-18-40(19-14-36)46(44,45)20-9-30-25(2)21-29(22-26(30)3)33(41)39-16-11-35(4,43)12-17-39/h5-6,8-9,15,20-23,37,43H,7,10-14,16-19H2,1-4H3,(H,38,42)/b20-9+. The van der Waals surface area contributed by atoms with Crippen molar-refractivity contribution >= 4 is 44.5 Å². The highest BCUT2D eigenvalue weighted by molar-refractivity contribution is 7.92. The van der Waals surface area contributed by atoms with E-state index in [0.717, 1.165) is 50.8 Å². The van der Waals surface area contributed by atoms with Gasteiger partial charge in [0.05, 0.1) is 11.0 Å². The van der Waals surface area contributed by atoms with Crippen LogP contribution in [0.5, 0.6) is 0 Å². The van der Waals surface area contributed by atoms with Crippen LogP contribution in [-0.4, -0.2) is 71.3 Å². The molecule has 0 unspecified atom stereocenters. The molecule has 6 rings (SSSR count). The molecule has 0 radical (unpaired) electrons. The Morgan fingerprint density at radius 3 is 2.28 bits per heavy atom. The first-order valence-corrected chi connectivity index (χ1v) is 17.7. The first-order valence-electron chi connectivity index (χ1n) is 16.2. The van der Waals surface area contributed by atoms with E-state index in [-0.39, 0.29) is 24.9 Å². The molecule has 10 heteroatoms. The number of aryl methyl sites for hydroxylation is 2. The Labute approximate surface area is 271 Å². The Hall–Kier alpha value is -3.73. The third-order valence-corrected chi connectivity index (χ3v) is 11.9. The van der Waals surface area contributed by atoms with Gasteiger partial charge in [0.25, 0.3) is 5.91 Å². The molecule has 2 saturated heterocycles. The number of benzene rings is 2. The predicted octanol–water partition coefficient (Wildman–Crippen LogP) is 5.50. The number of H-pyrrole nitrogens is 1. The van der Waals surface area contributed by atoms with Crippen LogP contribution in [0.25, 0.3) is 22.7 Å². The summed E-state index contributed by atoms with van der Waals surface area (Å²) in [5, 5.41) is 15.8. The molecule has 1 aromatic heterocycles. The van der Waals surface area contributed by atoms with Crippen molar-refractivity contribution in [2.75, 3.05) is 26.2 Å². The number of likely N-dealkylation sites (tertiary alicyclic amines) is 1. The van der Waals surface area contributed by atoms with Crippen molar-refractivity contribution in [2.45, 2.75) is 71.8 Å². The van der Waals surface area contributed by atoms with Crippen LogP contribution in [-0.2, 0) is 14.8 Å². The first kappa shape index (κ1) is 32.2. The first-order chi connectivity index (χ1) is 21.8. The lowest BCUT2D eigenvalue weighted by atomic mass is 9.74. The largest absolute Gasteiger partial charge is 0.390 e. The number of nitrogens with one attached hydrogen (secondary N) is 2. The highest BCUT2D eigenvalue weighted by atomic mass is 32.2. The Balaban J connectivity index is 1.11. The van der Waals surface area contributed by atoms with E-state index < -0.39 is 21.0 Å². The highest BCUT2D eigenvalue weighted by Gasteiger charge is 2.44. The van der Waals surface area contributed by atoms with E-state index in [1.165, 1.54) is 9.71 Å². The molecule has 3 aliphatic heterocycles. The Morgan fingerprint density at radius 1 is 0.935 bits per heavy atom. The molecule has 2 amide bonds. The van der Waals surface area contributed by atoms with Crippen LogP contribution in [0.15, 0.2) is 53.6 Å². The fraction of sp³-hybridized carbons (Fsp3) is 0.444. The van der Waals surface area contributed by atoms with Gasteiger partial charge in [-0.3, -0.25) is 9.59 Å². The predicted molar refractivity (Wildman–Crippen MR) is 181 cm³/mol. The van der Waals surface area contributed by atoms with E-state index in [4.69, 9.17) is 0 Å². The molecule has 1 spiro atoms. The maximum absolute atomic E-state index is 13.7. The number of aromatic amines is 1. The molecule has 3 aliphatic rings. The number of hydrogen-bond acceptors (Lipinski definition) is 5. The molecular weight excluding hydrogens is 600 g/mol. The Kier molecular flexibility index (Phi) is 8.50. The molecule has 3 N–H and O–H groups in total. The van der Waals surface area contributed by atoms with Crippen molar-refractivity contribution in [3.63, 3.8) is 0 Å². The molecule has 9 nitrogen and oxygen atoms in total. The normalized spacial score (nSPS) is 20.8. The van der Waals surface area contributed by atoms with Crippen LogP contribution in [0.4, 0.5) is 0 Å². The summed E-state index contributed by atoms with van der Waals surface area (Å²) in [7, 11) is -3.72. The summed E-state index contributed by atoms with van der Waals surface area (Å²) in [5.74, 6) is -0.108. The van der Waals surface area contributed by atoms with Crippen molar-refractivity contribution in [3.8, 4) is 0 Å². The van der Waals surface area contributed by atoms with Crippen LogP contribution >= 0.6 is 0 Å². The number of carbonyl (C=O) groups excluding carboxylic acids is 2. The number of aromatic nitrogens is 1. The molecule has 0 aliphatic carbocycles. The van der Waals surface area contributed by atoms with Gasteiger partial charge >= 0.3 is 0 Å². The second-order valence-electron chi connectivity index (χ2n) is 13.7. The second kappa shape index (κ2) is 12.1. The van der Waals surface area contributed by atoms with Crippen molar-refractivity contribution in [2.24, 2.45) is 5.41 Å². The fourth-order valence-corrected chi connectivity index (χ4v) is 8.33. The number of nitrogens with zero attached hydrogens (tertiary/aromatic N) is 2. The summed E-state index contributed by atoms with van der Waals surface area (Å²) >= 11 is 0. The lowest BCUT2D eigenvalue weighted by Gasteiger charge is -2.39. The van der Waals surface area contributed by atoms with Crippen molar-refractivity contribution in [1.29, 1.82) is 0 Å². The van der Waals surface area contributed by atoms with Crippen molar-refractivity contribution < 1.29 is 23.1 Å². The SMILES string of the molecule is CC1=C(c2ccc3cc[nH]c3c2)NC(=O)C2(CC1)CCN(S(=O)(=O)/C=C/c1c(C)cc(C(=O)N3CCC(C)(O)CC3)cc1C)CC2. The summed E-state index contributed by atoms with van der Waals surface area (Å²) in [5.41, 5.74) is 5.57. The summed E-state index contributed by atoms with van der Waals surface area (Å²) in [4.78, 5) is 31.9. The third-order valence-electron chi connectivity index (χ3n) is 10.4. The Bertz CT molecular complexity index is 1830. The van der Waals surface area contributed by atoms with Crippen molar-refractivity contribution in [1.82, 2.24) is 19.5 Å². The summed E-state index contributed by atoms with van der Waals surface area (Å²) in [6, 6.07) is 11.8. The van der Waals surface area contributed by atoms with E-state index >= 15 is 0 Å². The van der Waals surface area contributed by atoms with Gasteiger partial charge in [0.1, 0.15) is 0 Å². The Morgan fingerprint density at radius 2 is 1.61 bits per heavy atom. The monoisotopic (exact) mass is 644 g/mol. The molecule has 2 aromatic carbocycles. The summed E-state index contributed by atoms with van der Waals surface area (Å²) in [6.07, 6.45) is 6.98. The molecule has 0 saturated carbocycles. The number of carbonyl (C=O) groups is 2. The van der Waals surface area contributed by atoms with E-state index in [1.807, 2.05) is 50.4 Å². The summed E-state index contributed by atoms with van der Waals surface area (Å²) < 4.78 is 28.4. The van der Waals surface area contributed by atoms with Gasteiger partial charge in [-0.2, -0.15) is 4.31 Å². The van der Waals surface area contributed by atoms with Crippen LogP contribution in [0.2, 0.25) is 0 Å². The fourth-order valence-electron chi connectivity index (χ4n) is 7.16. The number of piperidine rings is 2. The number of sulfonamides is 1. The second-order valence-corrected chi connectivity index (χ2v) is 15.5. The minimum atomic E-state index is -3.72. The average molecular weight is 645 g/mol. The number of aliphatic hydroxyl groups is 1. The number of amides is 2. The molecule has 2 fully saturated rings. The number of rotatable bonds is 5. The van der Waals surface area contributed by atoms with Crippen molar-refractivity contribution in [3.05, 3.63) is 81.4 Å². The highest BCUT2D eigenvalue weighted by Crippen LogP contribution is 2.42. The van der Waals surface area contributed by atoms with Crippen LogP contribution in [0.3, 0.4) is 0 Å². The number of hydrogen-bond donors (Lipinski definition) is 3. The minimum absolute atomic E-state index is 0.0330. The van der Waals surface area contributed by atoms with Gasteiger partial charge in [-0.05, 0) is 124 Å². The van der Waals surface area contributed by atoms with Gasteiger partial charge < -0.3 is 20.3 Å². The van der Waals surface area contributed by atoms with E-state index in [0.29, 0.717) is 50.8 Å². The maximum Gasteiger partial charge on any atom is 0.253 e. The molecule has 0 atom stereocenters. The summed E-state index contributed by atoms with van der Waals surface area (Å²) in [6.45, 7) is 9.18. The number of fused-ring (bicyclic) bond motifs is 1. The molecule has 244 valence electrons. The van der Waals surface area contributed by atoms with E-state index in [2.05, 4.69) is 23.3 Å². The third kappa shape index (κ3) is 6.30. The topological polar surface area (TPSA) is 123 Å². The molecular formula is C36H44N4O5S. The molecule has 0 bridgehead atoms. The molecule has 3 aromatic rings. The van der Waals surface area contributed by atoms with Gasteiger partial charge in [0.15, 0.2) is 0 Å². The number of allylic oxidation sites excluding steroid dienone is 1. The zero-order valence-electron chi connectivity index (χ0n) is 27.2. The zero-order valence-corrected chi connectivity index (χ0v) is 28.0. The van der Waals surface area contributed by atoms with Crippen LogP contribution in [0.1, 0.15) is 85.0 Å². The molecule has 46 heavy (non-hydrogen) atoms. The zero-order chi connectivity index (χ0) is 32.9. The van der Waals surface area contributed by atoms with E-state index in [1.54, 1.807) is 17.9 Å².